The average Bonchev–Trinajstić information content (AvgIpc) is 3.66. The predicted molar refractivity (Wildman–Crippen MR) is 225 cm³/mol. The molecule has 0 saturated carbocycles. The van der Waals surface area contributed by atoms with Gasteiger partial charge >= 0.3 is 12.2 Å². The predicted octanol–water partition coefficient (Wildman–Crippen LogP) is 8.77. The van der Waals surface area contributed by atoms with Crippen molar-refractivity contribution < 1.29 is 32.2 Å². The van der Waals surface area contributed by atoms with E-state index in [2.05, 4.69) is 41.2 Å². The number of anilines is 4. The number of aryl methyl sites for hydroxylation is 2. The van der Waals surface area contributed by atoms with Crippen LogP contribution in [0.5, 0.6) is 11.6 Å². The lowest BCUT2D eigenvalue weighted by Gasteiger charge is -2.26. The summed E-state index contributed by atoms with van der Waals surface area (Å²) in [5, 5.41) is 17.3. The molecular weight excluding hydrogens is 776 g/mol. The number of alkyl halides is 3. The highest BCUT2D eigenvalue weighted by atomic mass is 19.4. The first kappa shape index (κ1) is 41.6. The van der Waals surface area contributed by atoms with Crippen molar-refractivity contribution in [1.82, 2.24) is 30.0 Å². The van der Waals surface area contributed by atoms with Gasteiger partial charge in [-0.15, -0.1) is 0 Å². The Bertz CT molecular complexity index is 2480. The minimum atomic E-state index is -4.58. The Morgan fingerprint density at radius 2 is 1.65 bits per heavy atom. The Labute approximate surface area is 345 Å². The van der Waals surface area contributed by atoms with Crippen LogP contribution in [-0.2, 0) is 16.6 Å². The number of fused-ring (bicyclic) bond motifs is 1. The fourth-order valence-corrected chi connectivity index (χ4v) is 6.60. The van der Waals surface area contributed by atoms with E-state index in [0.717, 1.165) is 44.6 Å². The molecule has 4 N–H and O–H groups in total. The Hall–Kier alpha value is -6.52. The van der Waals surface area contributed by atoms with Crippen molar-refractivity contribution in [3.63, 3.8) is 0 Å². The molecule has 1 fully saturated rings. The number of carbonyl (C=O) groups excluding carboxylic acids is 2. The molecule has 60 heavy (non-hydrogen) atoms. The van der Waals surface area contributed by atoms with Crippen LogP contribution in [0.2, 0.25) is 0 Å². The molecule has 6 aromatic rings. The Kier molecular flexibility index (Phi) is 12.3. The topological polar surface area (TPSA) is 148 Å². The van der Waals surface area contributed by atoms with E-state index in [-0.39, 0.29) is 29.2 Å². The number of amides is 3. The van der Waals surface area contributed by atoms with Gasteiger partial charge in [-0.05, 0) is 75.2 Å². The standard InChI is InChI=1S/C44H46F3N9O4/c1-5-29-24-30(40(57)48-18-19-55-20-22-59-23-21-55)26-31(25-29)50-41-49-17-16-39(53-41)60-36-15-14-35(33-8-6-7-9-34(33)36)51-42(58)52-38-27-37(43(3,4)44(45,46)47)54-56(38)32-12-10-28(2)11-13-32/h6-17,24-27H,5,18-23H2,1-4H3,(H,48,57)(H,49,50,53)(H2,51,52,58). The van der Waals surface area contributed by atoms with Crippen LogP contribution < -0.4 is 26.0 Å². The number of ether oxygens (including phenoxy) is 2. The monoisotopic (exact) mass is 821 g/mol. The van der Waals surface area contributed by atoms with Gasteiger partial charge in [0.25, 0.3) is 5.91 Å². The first-order valence-corrected chi connectivity index (χ1v) is 19.6. The van der Waals surface area contributed by atoms with Crippen LogP contribution in [0.25, 0.3) is 16.5 Å². The molecule has 1 aliphatic heterocycles. The van der Waals surface area contributed by atoms with Crippen LogP contribution in [0, 0.1) is 6.92 Å². The summed E-state index contributed by atoms with van der Waals surface area (Å²) in [6, 6.07) is 25.4. The van der Waals surface area contributed by atoms with Crippen molar-refractivity contribution in [2.75, 3.05) is 55.3 Å². The van der Waals surface area contributed by atoms with Crippen molar-refractivity contribution in [3.8, 4) is 17.3 Å². The van der Waals surface area contributed by atoms with Gasteiger partial charge in [-0.2, -0.15) is 23.3 Å². The van der Waals surface area contributed by atoms with E-state index in [1.165, 1.54) is 10.7 Å². The maximum atomic E-state index is 14.0. The number of halogens is 3. The van der Waals surface area contributed by atoms with E-state index in [1.54, 1.807) is 42.6 Å². The van der Waals surface area contributed by atoms with Gasteiger partial charge in [0.05, 0.1) is 30.3 Å². The Balaban J connectivity index is 1.06. The van der Waals surface area contributed by atoms with Gasteiger partial charge in [0.1, 0.15) is 17.0 Å². The van der Waals surface area contributed by atoms with E-state index in [1.807, 2.05) is 62.4 Å². The summed E-state index contributed by atoms with van der Waals surface area (Å²) < 4.78 is 55.1. The lowest BCUT2D eigenvalue weighted by molar-refractivity contribution is -0.181. The molecule has 0 radical (unpaired) electrons. The maximum Gasteiger partial charge on any atom is 0.399 e. The summed E-state index contributed by atoms with van der Waals surface area (Å²) in [5.74, 6) is 0.828. The third-order valence-corrected chi connectivity index (χ3v) is 10.3. The fourth-order valence-electron chi connectivity index (χ4n) is 6.60. The number of urea groups is 1. The molecule has 0 unspecified atom stereocenters. The van der Waals surface area contributed by atoms with Crippen LogP contribution in [0.3, 0.4) is 0 Å². The van der Waals surface area contributed by atoms with Crippen LogP contribution in [-0.4, -0.2) is 82.2 Å². The summed E-state index contributed by atoms with van der Waals surface area (Å²) in [6.45, 7) is 10.4. The molecule has 3 amide bonds. The van der Waals surface area contributed by atoms with Crippen molar-refractivity contribution in [3.05, 3.63) is 120 Å². The SMILES string of the molecule is CCc1cc(Nc2nccc(Oc3ccc(NC(=O)Nc4cc(C(C)(C)C(F)(F)F)nn4-c4ccc(C)cc4)c4ccccc34)n2)cc(C(=O)NCCN2CCOCC2)c1. The van der Waals surface area contributed by atoms with Crippen molar-refractivity contribution in [1.29, 1.82) is 0 Å². The average molecular weight is 822 g/mol. The lowest BCUT2D eigenvalue weighted by atomic mass is 9.89. The number of hydrogen-bond acceptors (Lipinski definition) is 9. The van der Waals surface area contributed by atoms with Gasteiger partial charge in [-0.1, -0.05) is 48.9 Å². The maximum absolute atomic E-state index is 14.0. The van der Waals surface area contributed by atoms with Crippen LogP contribution in [0.4, 0.5) is 41.1 Å². The van der Waals surface area contributed by atoms with Gasteiger partial charge in [0.2, 0.25) is 11.8 Å². The molecule has 0 spiro atoms. The smallest absolute Gasteiger partial charge is 0.399 e. The molecule has 16 heteroatoms. The third kappa shape index (κ3) is 9.67. The second-order valence-electron chi connectivity index (χ2n) is 14.9. The number of aromatic nitrogens is 4. The van der Waals surface area contributed by atoms with Crippen molar-refractivity contribution in [2.24, 2.45) is 0 Å². The highest BCUT2D eigenvalue weighted by molar-refractivity contribution is 6.07. The van der Waals surface area contributed by atoms with Crippen LogP contribution >= 0.6 is 0 Å². The molecule has 0 aliphatic carbocycles. The number of hydrogen-bond donors (Lipinski definition) is 4. The summed E-state index contributed by atoms with van der Waals surface area (Å²) >= 11 is 0. The first-order chi connectivity index (χ1) is 28.8. The van der Waals surface area contributed by atoms with Crippen LogP contribution in [0.1, 0.15) is 48.0 Å². The highest BCUT2D eigenvalue weighted by Gasteiger charge is 2.50. The Morgan fingerprint density at radius 3 is 2.38 bits per heavy atom. The number of rotatable bonds is 13. The largest absolute Gasteiger partial charge is 0.438 e. The fraction of sp³-hybridized carbons (Fsp3) is 0.295. The van der Waals surface area contributed by atoms with Gasteiger partial charge < -0.3 is 25.4 Å². The van der Waals surface area contributed by atoms with Gasteiger partial charge in [-0.25, -0.2) is 14.5 Å². The molecular formula is C44H46F3N9O4. The molecule has 1 saturated heterocycles. The second-order valence-corrected chi connectivity index (χ2v) is 14.9. The van der Waals surface area contributed by atoms with E-state index >= 15 is 0 Å². The molecule has 312 valence electrons. The van der Waals surface area contributed by atoms with Crippen molar-refractivity contribution in [2.45, 2.75) is 45.7 Å². The molecule has 4 aromatic carbocycles. The van der Waals surface area contributed by atoms with Crippen molar-refractivity contribution >= 4 is 45.9 Å². The van der Waals surface area contributed by atoms with E-state index in [4.69, 9.17) is 9.47 Å². The molecule has 1 aliphatic rings. The summed E-state index contributed by atoms with van der Waals surface area (Å²) in [6.07, 6.45) is -2.32. The normalized spacial score (nSPS) is 13.5. The summed E-state index contributed by atoms with van der Waals surface area (Å²) in [7, 11) is 0. The third-order valence-electron chi connectivity index (χ3n) is 10.3. The Morgan fingerprint density at radius 1 is 0.900 bits per heavy atom. The van der Waals surface area contributed by atoms with E-state index in [0.29, 0.717) is 65.3 Å². The van der Waals surface area contributed by atoms with Gasteiger partial charge in [-0.3, -0.25) is 15.0 Å². The molecule has 3 heterocycles. The van der Waals surface area contributed by atoms with E-state index in [9.17, 15) is 22.8 Å². The molecule has 2 aromatic heterocycles. The lowest BCUT2D eigenvalue weighted by Crippen LogP contribution is -2.41. The number of carbonyl (C=O) groups is 2. The zero-order valence-electron chi connectivity index (χ0n) is 33.7. The number of nitrogens with one attached hydrogen (secondary N) is 4. The van der Waals surface area contributed by atoms with Crippen LogP contribution in [0.15, 0.2) is 97.2 Å². The zero-order valence-corrected chi connectivity index (χ0v) is 33.7. The van der Waals surface area contributed by atoms with Gasteiger partial charge in [0.15, 0.2) is 0 Å². The van der Waals surface area contributed by atoms with E-state index < -0.39 is 17.6 Å². The molecule has 13 nitrogen and oxygen atoms in total. The van der Waals surface area contributed by atoms with Gasteiger partial charge in [0, 0.05) is 66.5 Å². The summed E-state index contributed by atoms with van der Waals surface area (Å²) in [4.78, 5) is 37.9. The quantitative estimate of drug-likeness (QED) is 0.0898. The zero-order chi connectivity index (χ0) is 42.4. The second kappa shape index (κ2) is 17.8. The summed E-state index contributed by atoms with van der Waals surface area (Å²) in [5.41, 5.74) is 1.45. The molecule has 0 atom stereocenters. The molecule has 0 bridgehead atoms. The number of nitrogens with zero attached hydrogens (tertiary/aromatic N) is 5. The first-order valence-electron chi connectivity index (χ1n) is 19.6. The number of morpholine rings is 1. The molecule has 7 rings (SSSR count). The number of benzene rings is 4. The minimum absolute atomic E-state index is 0.0569. The minimum Gasteiger partial charge on any atom is -0.438 e. The highest BCUT2D eigenvalue weighted by Crippen LogP contribution is 2.41.